The molecule has 0 unspecified atom stereocenters. The summed E-state index contributed by atoms with van der Waals surface area (Å²) in [5, 5.41) is 0. The van der Waals surface area contributed by atoms with Crippen LogP contribution >= 0.6 is 0 Å². The van der Waals surface area contributed by atoms with E-state index in [2.05, 4.69) is 19.2 Å². The molecule has 4 nitrogen and oxygen atoms in total. The number of carbonyl (C=O) groups is 2. The summed E-state index contributed by atoms with van der Waals surface area (Å²) in [7, 11) is 0. The molecule has 23 heavy (non-hydrogen) atoms. The average Bonchev–Trinajstić information content (AvgIpc) is 2.57. The Morgan fingerprint density at radius 2 is 1.87 bits per heavy atom. The maximum absolute atomic E-state index is 11.7. The van der Waals surface area contributed by atoms with E-state index in [0.717, 1.165) is 24.5 Å². The van der Waals surface area contributed by atoms with Gasteiger partial charge in [0.25, 0.3) is 0 Å². The highest BCUT2D eigenvalue weighted by Crippen LogP contribution is 2.07. The fourth-order valence-electron chi connectivity index (χ4n) is 1.42. The van der Waals surface area contributed by atoms with Gasteiger partial charge in [-0.05, 0) is 31.1 Å². The van der Waals surface area contributed by atoms with Crippen LogP contribution in [0.15, 0.2) is 60.7 Å². The number of ether oxygens (including phenoxy) is 1. The number of amides is 1. The van der Waals surface area contributed by atoms with Gasteiger partial charge in [0.15, 0.2) is 0 Å². The monoisotopic (exact) mass is 315 g/mol. The standard InChI is InChI=1S/C16H20O2.C3H5NO/c1-3-5-13-18-16(17)15(4-2)12-11-14-9-7-6-8-10-14;1-2-3(4)5/h4,6-12H,3,5,13H2,1-2H3;2H,1H2,(H2,4,5). The lowest BCUT2D eigenvalue weighted by molar-refractivity contribution is -0.138. The Morgan fingerprint density at radius 1 is 1.26 bits per heavy atom. The molecule has 0 atom stereocenters. The third-order valence-electron chi connectivity index (χ3n) is 2.73. The van der Waals surface area contributed by atoms with Gasteiger partial charge in [0.1, 0.15) is 0 Å². The molecule has 0 radical (unpaired) electrons. The van der Waals surface area contributed by atoms with Crippen LogP contribution in [-0.4, -0.2) is 18.5 Å². The smallest absolute Gasteiger partial charge is 0.337 e. The molecule has 1 aromatic rings. The molecule has 0 aromatic heterocycles. The molecule has 0 saturated carbocycles. The van der Waals surface area contributed by atoms with Crippen molar-refractivity contribution in [1.82, 2.24) is 0 Å². The summed E-state index contributed by atoms with van der Waals surface area (Å²) in [6.07, 6.45) is 8.47. The Hall–Kier alpha value is -2.62. The highest BCUT2D eigenvalue weighted by molar-refractivity contribution is 5.92. The lowest BCUT2D eigenvalue weighted by atomic mass is 10.1. The molecule has 0 bridgehead atoms. The van der Waals surface area contributed by atoms with Crippen molar-refractivity contribution in [2.75, 3.05) is 6.61 Å². The summed E-state index contributed by atoms with van der Waals surface area (Å²) in [5.41, 5.74) is 6.20. The molecule has 1 rings (SSSR count). The van der Waals surface area contributed by atoms with Crippen LogP contribution in [0.1, 0.15) is 32.3 Å². The second kappa shape index (κ2) is 13.1. The zero-order valence-electron chi connectivity index (χ0n) is 13.8. The summed E-state index contributed by atoms with van der Waals surface area (Å²) in [5.74, 6) is -0.733. The SMILES string of the molecule is C=CC(N)=O.CC=C(C=Cc1ccccc1)C(=O)OCCCC. The second-order valence-corrected chi connectivity index (χ2v) is 4.58. The maximum atomic E-state index is 11.7. The van der Waals surface area contributed by atoms with Gasteiger partial charge in [-0.1, -0.05) is 62.4 Å². The Balaban J connectivity index is 0.000000841. The van der Waals surface area contributed by atoms with Crippen molar-refractivity contribution >= 4 is 18.0 Å². The lowest BCUT2D eigenvalue weighted by Crippen LogP contribution is -2.07. The van der Waals surface area contributed by atoms with E-state index in [0.29, 0.717) is 12.2 Å². The maximum Gasteiger partial charge on any atom is 0.337 e. The van der Waals surface area contributed by atoms with Crippen LogP contribution in [0.5, 0.6) is 0 Å². The quantitative estimate of drug-likeness (QED) is 0.361. The lowest BCUT2D eigenvalue weighted by Gasteiger charge is -2.03. The first-order valence-electron chi connectivity index (χ1n) is 7.53. The first-order valence-corrected chi connectivity index (χ1v) is 7.53. The van der Waals surface area contributed by atoms with Crippen LogP contribution in [0.3, 0.4) is 0 Å². The molecule has 0 heterocycles. The second-order valence-electron chi connectivity index (χ2n) is 4.58. The molecule has 0 saturated heterocycles. The first kappa shape index (κ1) is 20.4. The summed E-state index contributed by atoms with van der Waals surface area (Å²) in [4.78, 5) is 21.2. The van der Waals surface area contributed by atoms with Crippen molar-refractivity contribution in [3.63, 3.8) is 0 Å². The molecule has 0 spiro atoms. The Labute approximate surface area is 138 Å². The van der Waals surface area contributed by atoms with Crippen molar-refractivity contribution in [3.05, 3.63) is 66.3 Å². The van der Waals surface area contributed by atoms with E-state index in [4.69, 9.17) is 4.74 Å². The van der Waals surface area contributed by atoms with E-state index in [1.54, 1.807) is 12.2 Å². The number of carbonyl (C=O) groups excluding carboxylic acids is 2. The topological polar surface area (TPSA) is 69.4 Å². The van der Waals surface area contributed by atoms with Gasteiger partial charge in [-0.25, -0.2) is 4.79 Å². The largest absolute Gasteiger partial charge is 0.462 e. The van der Waals surface area contributed by atoms with Crippen molar-refractivity contribution in [1.29, 1.82) is 0 Å². The number of hydrogen-bond donors (Lipinski definition) is 1. The highest BCUT2D eigenvalue weighted by Gasteiger charge is 2.05. The van der Waals surface area contributed by atoms with Gasteiger partial charge in [0.2, 0.25) is 5.91 Å². The van der Waals surface area contributed by atoms with Gasteiger partial charge in [0.05, 0.1) is 12.2 Å². The molecular weight excluding hydrogens is 290 g/mol. The molecule has 1 aromatic carbocycles. The number of nitrogens with two attached hydrogens (primary N) is 1. The van der Waals surface area contributed by atoms with E-state index in [1.165, 1.54) is 0 Å². The van der Waals surface area contributed by atoms with Crippen LogP contribution < -0.4 is 5.73 Å². The van der Waals surface area contributed by atoms with Crippen molar-refractivity contribution in [3.8, 4) is 0 Å². The van der Waals surface area contributed by atoms with E-state index in [9.17, 15) is 9.59 Å². The summed E-state index contributed by atoms with van der Waals surface area (Å²) in [6.45, 7) is 7.49. The zero-order chi connectivity index (χ0) is 17.5. The molecule has 4 heteroatoms. The van der Waals surface area contributed by atoms with Gasteiger partial charge in [-0.2, -0.15) is 0 Å². The van der Waals surface area contributed by atoms with Gasteiger partial charge < -0.3 is 10.5 Å². The minimum absolute atomic E-state index is 0.252. The van der Waals surface area contributed by atoms with E-state index in [1.807, 2.05) is 43.3 Å². The van der Waals surface area contributed by atoms with Gasteiger partial charge in [-0.3, -0.25) is 4.79 Å². The van der Waals surface area contributed by atoms with E-state index >= 15 is 0 Å². The molecule has 0 aliphatic rings. The number of unbranched alkanes of at least 4 members (excludes halogenated alkanes) is 1. The summed E-state index contributed by atoms with van der Waals surface area (Å²) >= 11 is 0. The third-order valence-corrected chi connectivity index (χ3v) is 2.73. The van der Waals surface area contributed by atoms with Gasteiger partial charge in [-0.15, -0.1) is 0 Å². The average molecular weight is 315 g/mol. The molecule has 124 valence electrons. The zero-order valence-corrected chi connectivity index (χ0v) is 13.8. The van der Waals surface area contributed by atoms with Crippen LogP contribution in [0, 0.1) is 0 Å². The van der Waals surface area contributed by atoms with Crippen LogP contribution in [0.4, 0.5) is 0 Å². The molecule has 0 fully saturated rings. The predicted molar refractivity (Wildman–Crippen MR) is 94.5 cm³/mol. The minimum Gasteiger partial charge on any atom is -0.462 e. The predicted octanol–water partition coefficient (Wildman–Crippen LogP) is 3.65. The van der Waals surface area contributed by atoms with E-state index in [-0.39, 0.29) is 5.97 Å². The van der Waals surface area contributed by atoms with Crippen LogP contribution in [0.25, 0.3) is 6.08 Å². The molecular formula is C19H25NO3. The first-order chi connectivity index (χ1) is 11.0. The fourth-order valence-corrected chi connectivity index (χ4v) is 1.42. The van der Waals surface area contributed by atoms with Crippen molar-refractivity contribution in [2.24, 2.45) is 5.73 Å². The highest BCUT2D eigenvalue weighted by atomic mass is 16.5. The number of allylic oxidation sites excluding steroid dienone is 1. The molecule has 1 amide bonds. The summed E-state index contributed by atoms with van der Waals surface area (Å²) < 4.78 is 5.17. The molecule has 2 N–H and O–H groups in total. The van der Waals surface area contributed by atoms with Crippen molar-refractivity contribution < 1.29 is 14.3 Å². The van der Waals surface area contributed by atoms with Crippen LogP contribution in [-0.2, 0) is 14.3 Å². The normalized spacial score (nSPS) is 10.6. The molecule has 0 aliphatic heterocycles. The number of rotatable bonds is 7. The number of primary amides is 1. The number of esters is 1. The van der Waals surface area contributed by atoms with Crippen molar-refractivity contribution in [2.45, 2.75) is 26.7 Å². The fraction of sp³-hybridized carbons (Fsp3) is 0.263. The summed E-state index contributed by atoms with van der Waals surface area (Å²) in [6, 6.07) is 9.88. The van der Waals surface area contributed by atoms with Gasteiger partial charge >= 0.3 is 5.97 Å². The number of hydrogen-bond acceptors (Lipinski definition) is 3. The van der Waals surface area contributed by atoms with Gasteiger partial charge in [0, 0.05) is 0 Å². The Bertz CT molecular complexity index is 545. The number of benzene rings is 1. The Kier molecular flexibility index (Phi) is 11.6. The minimum atomic E-state index is -0.481. The third kappa shape index (κ3) is 10.7. The van der Waals surface area contributed by atoms with Crippen LogP contribution in [0.2, 0.25) is 0 Å². The van der Waals surface area contributed by atoms with E-state index < -0.39 is 5.91 Å². The Morgan fingerprint density at radius 3 is 2.35 bits per heavy atom. The molecule has 0 aliphatic carbocycles.